The van der Waals surface area contributed by atoms with Gasteiger partial charge in [-0.25, -0.2) is 0 Å². The van der Waals surface area contributed by atoms with E-state index in [1.54, 1.807) is 6.92 Å². The standard InChI is InChI=1S/C15H30N2O3/c1-6-15(4,5)17-13(18)10-16-12(3)9-7-8-11(2)14(19)20/h11-12,16H,6-10H2,1-5H3,(H,17,18)(H,19,20). The summed E-state index contributed by atoms with van der Waals surface area (Å²) in [5.41, 5.74) is -0.168. The number of carbonyl (C=O) groups is 2. The summed E-state index contributed by atoms with van der Waals surface area (Å²) in [5.74, 6) is -1.04. The lowest BCUT2D eigenvalue weighted by atomic mass is 10.0. The Morgan fingerprint density at radius 2 is 1.80 bits per heavy atom. The molecule has 118 valence electrons. The first-order valence-electron chi connectivity index (χ1n) is 7.45. The Labute approximate surface area is 122 Å². The summed E-state index contributed by atoms with van der Waals surface area (Å²) in [6, 6.07) is 0.214. The van der Waals surface area contributed by atoms with Crippen LogP contribution in [-0.4, -0.2) is 35.1 Å². The van der Waals surface area contributed by atoms with E-state index in [4.69, 9.17) is 5.11 Å². The monoisotopic (exact) mass is 286 g/mol. The minimum absolute atomic E-state index is 0.00241. The van der Waals surface area contributed by atoms with E-state index in [1.807, 2.05) is 27.7 Å². The molecule has 5 nitrogen and oxygen atoms in total. The van der Waals surface area contributed by atoms with E-state index >= 15 is 0 Å². The molecular weight excluding hydrogens is 256 g/mol. The molecule has 0 aromatic heterocycles. The second-order valence-corrected chi connectivity index (χ2v) is 6.24. The van der Waals surface area contributed by atoms with Crippen molar-refractivity contribution in [1.29, 1.82) is 0 Å². The maximum atomic E-state index is 11.7. The molecule has 0 aliphatic carbocycles. The molecule has 0 radical (unpaired) electrons. The van der Waals surface area contributed by atoms with E-state index in [1.165, 1.54) is 0 Å². The first kappa shape index (κ1) is 18.9. The van der Waals surface area contributed by atoms with Crippen molar-refractivity contribution in [2.75, 3.05) is 6.54 Å². The summed E-state index contributed by atoms with van der Waals surface area (Å²) in [6.45, 7) is 10.1. The van der Waals surface area contributed by atoms with Gasteiger partial charge in [0.1, 0.15) is 0 Å². The van der Waals surface area contributed by atoms with Gasteiger partial charge in [0.2, 0.25) is 5.91 Å². The highest BCUT2D eigenvalue weighted by Crippen LogP contribution is 2.09. The van der Waals surface area contributed by atoms with Crippen LogP contribution in [0.3, 0.4) is 0 Å². The zero-order valence-corrected chi connectivity index (χ0v) is 13.5. The van der Waals surface area contributed by atoms with Crippen LogP contribution in [0.4, 0.5) is 0 Å². The molecule has 20 heavy (non-hydrogen) atoms. The Morgan fingerprint density at radius 1 is 1.20 bits per heavy atom. The van der Waals surface area contributed by atoms with Gasteiger partial charge in [0.15, 0.2) is 0 Å². The lowest BCUT2D eigenvalue weighted by molar-refractivity contribution is -0.141. The van der Waals surface area contributed by atoms with Crippen molar-refractivity contribution in [1.82, 2.24) is 10.6 Å². The molecule has 0 aromatic rings. The normalized spacial score (nSPS) is 14.7. The number of nitrogens with one attached hydrogen (secondary N) is 2. The quantitative estimate of drug-likeness (QED) is 0.575. The van der Waals surface area contributed by atoms with Gasteiger partial charge in [-0.15, -0.1) is 0 Å². The van der Waals surface area contributed by atoms with E-state index < -0.39 is 5.97 Å². The molecule has 0 spiro atoms. The predicted octanol–water partition coefficient (Wildman–Crippen LogP) is 2.16. The molecule has 3 N–H and O–H groups in total. The first-order valence-corrected chi connectivity index (χ1v) is 7.45. The smallest absolute Gasteiger partial charge is 0.306 e. The van der Waals surface area contributed by atoms with Gasteiger partial charge in [-0.1, -0.05) is 20.3 Å². The fraction of sp³-hybridized carbons (Fsp3) is 0.867. The van der Waals surface area contributed by atoms with Gasteiger partial charge in [0, 0.05) is 11.6 Å². The van der Waals surface area contributed by atoms with Crippen LogP contribution in [0.2, 0.25) is 0 Å². The lowest BCUT2D eigenvalue weighted by Gasteiger charge is -2.25. The number of aliphatic carboxylic acids is 1. The Balaban J connectivity index is 3.80. The lowest BCUT2D eigenvalue weighted by Crippen LogP contribution is -2.47. The maximum Gasteiger partial charge on any atom is 0.306 e. The molecule has 0 rings (SSSR count). The highest BCUT2D eigenvalue weighted by Gasteiger charge is 2.18. The van der Waals surface area contributed by atoms with Gasteiger partial charge in [-0.2, -0.15) is 0 Å². The molecule has 2 unspecified atom stereocenters. The summed E-state index contributed by atoms with van der Waals surface area (Å²) < 4.78 is 0. The topological polar surface area (TPSA) is 78.4 Å². The predicted molar refractivity (Wildman–Crippen MR) is 80.6 cm³/mol. The summed E-state index contributed by atoms with van der Waals surface area (Å²) >= 11 is 0. The second kappa shape index (κ2) is 8.95. The average Bonchev–Trinajstić information content (AvgIpc) is 2.35. The molecule has 2 atom stereocenters. The molecule has 1 amide bonds. The van der Waals surface area contributed by atoms with Gasteiger partial charge in [-0.05, 0) is 40.0 Å². The van der Waals surface area contributed by atoms with Crippen LogP contribution in [-0.2, 0) is 9.59 Å². The molecular formula is C15H30N2O3. The molecule has 0 fully saturated rings. The average molecular weight is 286 g/mol. The van der Waals surface area contributed by atoms with Crippen molar-refractivity contribution in [3.05, 3.63) is 0 Å². The molecule has 0 aliphatic heterocycles. The third-order valence-corrected chi connectivity index (χ3v) is 3.67. The van der Waals surface area contributed by atoms with Crippen LogP contribution in [0.5, 0.6) is 0 Å². The van der Waals surface area contributed by atoms with E-state index in [0.717, 1.165) is 19.3 Å². The third-order valence-electron chi connectivity index (χ3n) is 3.67. The fourth-order valence-electron chi connectivity index (χ4n) is 1.73. The summed E-state index contributed by atoms with van der Waals surface area (Å²) in [7, 11) is 0. The minimum Gasteiger partial charge on any atom is -0.481 e. The number of hydrogen-bond acceptors (Lipinski definition) is 3. The van der Waals surface area contributed by atoms with Crippen LogP contribution in [0.15, 0.2) is 0 Å². The molecule has 0 heterocycles. The molecule has 0 aromatic carbocycles. The minimum atomic E-state index is -0.744. The van der Waals surface area contributed by atoms with Crippen LogP contribution in [0.25, 0.3) is 0 Å². The molecule has 0 saturated heterocycles. The number of amides is 1. The first-order chi connectivity index (χ1) is 9.18. The SMILES string of the molecule is CCC(C)(C)NC(=O)CNC(C)CCCC(C)C(=O)O. The van der Waals surface area contributed by atoms with Crippen LogP contribution < -0.4 is 10.6 Å². The van der Waals surface area contributed by atoms with Crippen molar-refractivity contribution >= 4 is 11.9 Å². The summed E-state index contributed by atoms with van der Waals surface area (Å²) in [5, 5.41) is 14.9. The van der Waals surface area contributed by atoms with E-state index in [0.29, 0.717) is 13.0 Å². The maximum absolute atomic E-state index is 11.7. The van der Waals surface area contributed by atoms with Crippen molar-refractivity contribution in [3.63, 3.8) is 0 Å². The Morgan fingerprint density at radius 3 is 2.30 bits per heavy atom. The number of hydrogen-bond donors (Lipinski definition) is 3. The summed E-state index contributed by atoms with van der Waals surface area (Å²) in [6.07, 6.45) is 3.30. The fourth-order valence-corrected chi connectivity index (χ4v) is 1.73. The zero-order valence-electron chi connectivity index (χ0n) is 13.5. The summed E-state index contributed by atoms with van der Waals surface area (Å²) in [4.78, 5) is 22.4. The van der Waals surface area contributed by atoms with E-state index in [2.05, 4.69) is 10.6 Å². The van der Waals surface area contributed by atoms with Crippen molar-refractivity contribution in [2.45, 2.75) is 71.9 Å². The molecule has 0 aliphatic rings. The van der Waals surface area contributed by atoms with Gasteiger partial charge in [-0.3, -0.25) is 9.59 Å². The van der Waals surface area contributed by atoms with Gasteiger partial charge in [0.25, 0.3) is 0 Å². The molecule has 0 bridgehead atoms. The van der Waals surface area contributed by atoms with Crippen LogP contribution in [0, 0.1) is 5.92 Å². The number of carboxylic acid groups (broad SMARTS) is 1. The largest absolute Gasteiger partial charge is 0.481 e. The highest BCUT2D eigenvalue weighted by molar-refractivity contribution is 5.78. The number of rotatable bonds is 10. The van der Waals surface area contributed by atoms with Gasteiger partial charge < -0.3 is 15.7 Å². The molecule has 5 heteroatoms. The number of carboxylic acids is 1. The van der Waals surface area contributed by atoms with Crippen molar-refractivity contribution in [3.8, 4) is 0 Å². The van der Waals surface area contributed by atoms with Gasteiger partial charge in [0.05, 0.1) is 12.5 Å². The van der Waals surface area contributed by atoms with Crippen molar-refractivity contribution in [2.24, 2.45) is 5.92 Å². The Hall–Kier alpha value is -1.10. The number of carbonyl (C=O) groups excluding carboxylic acids is 1. The van der Waals surface area contributed by atoms with Crippen molar-refractivity contribution < 1.29 is 14.7 Å². The van der Waals surface area contributed by atoms with Gasteiger partial charge >= 0.3 is 5.97 Å². The second-order valence-electron chi connectivity index (χ2n) is 6.24. The van der Waals surface area contributed by atoms with Crippen LogP contribution in [0.1, 0.15) is 60.3 Å². The zero-order chi connectivity index (χ0) is 15.8. The molecule has 0 saturated carbocycles. The Bertz CT molecular complexity index is 316. The highest BCUT2D eigenvalue weighted by atomic mass is 16.4. The Kier molecular flexibility index (Phi) is 8.46. The van der Waals surface area contributed by atoms with E-state index in [9.17, 15) is 9.59 Å². The van der Waals surface area contributed by atoms with E-state index in [-0.39, 0.29) is 23.4 Å². The van der Waals surface area contributed by atoms with Crippen LogP contribution >= 0.6 is 0 Å². The third kappa shape index (κ3) is 8.91.